The Labute approximate surface area is 140 Å². The molecule has 0 spiro atoms. The van der Waals surface area contributed by atoms with Gasteiger partial charge in [0, 0.05) is 12.4 Å². The first-order chi connectivity index (χ1) is 11.5. The highest BCUT2D eigenvalue weighted by Crippen LogP contribution is 2.19. The number of carbonyl (C=O) groups is 1. The lowest BCUT2D eigenvalue weighted by atomic mass is 10.00. The van der Waals surface area contributed by atoms with Gasteiger partial charge in [0.05, 0.1) is 6.04 Å². The summed E-state index contributed by atoms with van der Waals surface area (Å²) in [7, 11) is 0. The van der Waals surface area contributed by atoms with Crippen LogP contribution >= 0.6 is 0 Å². The number of benzene rings is 1. The molecule has 122 valence electrons. The minimum Gasteiger partial charge on any atom is -0.345 e. The van der Waals surface area contributed by atoms with E-state index in [1.165, 1.54) is 10.6 Å². The molecule has 0 aliphatic rings. The van der Waals surface area contributed by atoms with E-state index in [1.54, 1.807) is 24.4 Å². The summed E-state index contributed by atoms with van der Waals surface area (Å²) in [6.45, 7) is 5.92. The lowest BCUT2D eigenvalue weighted by Crippen LogP contribution is -2.33. The quantitative estimate of drug-likeness (QED) is 0.807. The molecule has 0 aliphatic carbocycles. The summed E-state index contributed by atoms with van der Waals surface area (Å²) in [4.78, 5) is 29.2. The van der Waals surface area contributed by atoms with Crippen LogP contribution in [0.15, 0.2) is 53.6 Å². The molecular weight excluding hydrogens is 302 g/mol. The second kappa shape index (κ2) is 6.28. The van der Waals surface area contributed by atoms with Gasteiger partial charge in [-0.2, -0.15) is 0 Å². The number of aryl methyl sites for hydroxylation is 2. The Morgan fingerprint density at radius 2 is 2.00 bits per heavy atom. The van der Waals surface area contributed by atoms with Crippen molar-refractivity contribution in [2.24, 2.45) is 0 Å². The van der Waals surface area contributed by atoms with Crippen molar-refractivity contribution in [3.05, 3.63) is 81.4 Å². The van der Waals surface area contributed by atoms with Crippen molar-refractivity contribution in [2.75, 3.05) is 0 Å². The maximum absolute atomic E-state index is 12.5. The first-order valence-corrected chi connectivity index (χ1v) is 7.82. The fraction of sp³-hybridized carbons (Fsp3) is 0.211. The molecule has 1 aromatic carbocycles. The molecule has 5 nitrogen and oxygen atoms in total. The monoisotopic (exact) mass is 321 g/mol. The fourth-order valence-corrected chi connectivity index (χ4v) is 2.76. The van der Waals surface area contributed by atoms with E-state index in [0.717, 1.165) is 16.7 Å². The summed E-state index contributed by atoms with van der Waals surface area (Å²) >= 11 is 0. The van der Waals surface area contributed by atoms with E-state index in [2.05, 4.69) is 10.3 Å². The Hall–Kier alpha value is -2.95. The van der Waals surface area contributed by atoms with Gasteiger partial charge in [-0.3, -0.25) is 14.0 Å². The molecule has 0 saturated heterocycles. The zero-order chi connectivity index (χ0) is 17.3. The number of hydrogen-bond donors (Lipinski definition) is 1. The van der Waals surface area contributed by atoms with Crippen LogP contribution in [0.1, 0.15) is 40.0 Å². The standard InChI is InChI=1S/C19H19N3O2/c1-12-7-8-13(2)15(10-12)14(3)21-18(23)16-11-20-17-6-4-5-9-22(17)19(16)24/h4-11,14H,1-3H3,(H,21,23)/t14-/m0/s1. The minimum absolute atomic E-state index is 0.0378. The molecule has 2 heterocycles. The molecule has 0 bridgehead atoms. The second-order valence-corrected chi connectivity index (χ2v) is 5.96. The average Bonchev–Trinajstić information content (AvgIpc) is 2.57. The van der Waals surface area contributed by atoms with Gasteiger partial charge in [0.15, 0.2) is 0 Å². The van der Waals surface area contributed by atoms with Crippen molar-refractivity contribution < 1.29 is 4.79 Å². The highest BCUT2D eigenvalue weighted by Gasteiger charge is 2.17. The lowest BCUT2D eigenvalue weighted by Gasteiger charge is -2.17. The van der Waals surface area contributed by atoms with Crippen molar-refractivity contribution in [1.29, 1.82) is 0 Å². The zero-order valence-corrected chi connectivity index (χ0v) is 13.9. The summed E-state index contributed by atoms with van der Waals surface area (Å²) < 4.78 is 1.37. The number of nitrogens with one attached hydrogen (secondary N) is 1. The Balaban J connectivity index is 1.91. The highest BCUT2D eigenvalue weighted by atomic mass is 16.2. The van der Waals surface area contributed by atoms with Gasteiger partial charge in [-0.25, -0.2) is 4.98 Å². The number of hydrogen-bond acceptors (Lipinski definition) is 3. The van der Waals surface area contributed by atoms with Crippen molar-refractivity contribution in [2.45, 2.75) is 26.8 Å². The van der Waals surface area contributed by atoms with Crippen molar-refractivity contribution >= 4 is 11.6 Å². The Kier molecular flexibility index (Phi) is 4.16. The molecule has 0 radical (unpaired) electrons. The molecule has 1 atom stereocenters. The maximum Gasteiger partial charge on any atom is 0.270 e. The molecule has 5 heteroatoms. The van der Waals surface area contributed by atoms with E-state index in [4.69, 9.17) is 0 Å². The van der Waals surface area contributed by atoms with Gasteiger partial charge >= 0.3 is 0 Å². The van der Waals surface area contributed by atoms with Crippen LogP contribution in [-0.4, -0.2) is 15.3 Å². The predicted octanol–water partition coefficient (Wildman–Crippen LogP) is 2.80. The van der Waals surface area contributed by atoms with E-state index in [1.807, 2.05) is 39.0 Å². The van der Waals surface area contributed by atoms with Gasteiger partial charge in [0.25, 0.3) is 11.5 Å². The smallest absolute Gasteiger partial charge is 0.270 e. The first-order valence-electron chi connectivity index (χ1n) is 7.82. The molecule has 24 heavy (non-hydrogen) atoms. The van der Waals surface area contributed by atoms with Gasteiger partial charge in [0.2, 0.25) is 0 Å². The Morgan fingerprint density at radius 3 is 2.79 bits per heavy atom. The summed E-state index contributed by atoms with van der Waals surface area (Å²) in [6, 6.07) is 11.2. The van der Waals surface area contributed by atoms with Crippen LogP contribution in [0, 0.1) is 13.8 Å². The third-order valence-corrected chi connectivity index (χ3v) is 4.11. The Bertz CT molecular complexity index is 976. The molecule has 0 fully saturated rings. The maximum atomic E-state index is 12.5. The van der Waals surface area contributed by atoms with E-state index < -0.39 is 5.91 Å². The number of pyridine rings is 1. The molecule has 0 saturated carbocycles. The minimum atomic E-state index is -0.417. The molecule has 0 aliphatic heterocycles. The molecular formula is C19H19N3O2. The lowest BCUT2D eigenvalue weighted by molar-refractivity contribution is 0.0937. The van der Waals surface area contributed by atoms with E-state index in [-0.39, 0.29) is 17.2 Å². The van der Waals surface area contributed by atoms with Crippen molar-refractivity contribution in [3.8, 4) is 0 Å². The summed E-state index contributed by atoms with van der Waals surface area (Å²) in [5.41, 5.74) is 3.45. The first kappa shape index (κ1) is 15.9. The summed E-state index contributed by atoms with van der Waals surface area (Å²) in [5.74, 6) is -0.417. The van der Waals surface area contributed by atoms with Crippen LogP contribution in [0.5, 0.6) is 0 Å². The van der Waals surface area contributed by atoms with E-state index >= 15 is 0 Å². The largest absolute Gasteiger partial charge is 0.345 e. The van der Waals surface area contributed by atoms with E-state index in [0.29, 0.717) is 5.65 Å². The van der Waals surface area contributed by atoms with E-state index in [9.17, 15) is 9.59 Å². The number of carbonyl (C=O) groups excluding carboxylic acids is 1. The molecule has 3 rings (SSSR count). The summed E-state index contributed by atoms with van der Waals surface area (Å²) in [5, 5.41) is 2.89. The zero-order valence-electron chi connectivity index (χ0n) is 13.9. The van der Waals surface area contributed by atoms with Crippen LogP contribution in [0.2, 0.25) is 0 Å². The molecule has 3 aromatic rings. The molecule has 0 unspecified atom stereocenters. The molecule has 2 aromatic heterocycles. The number of amides is 1. The second-order valence-electron chi connectivity index (χ2n) is 5.96. The highest BCUT2D eigenvalue weighted by molar-refractivity contribution is 5.94. The SMILES string of the molecule is Cc1ccc(C)c([C@H](C)NC(=O)c2cnc3ccccn3c2=O)c1. The average molecular weight is 321 g/mol. The third-order valence-electron chi connectivity index (χ3n) is 4.11. The van der Waals surface area contributed by atoms with Gasteiger partial charge in [0.1, 0.15) is 11.2 Å². The van der Waals surface area contributed by atoms with Crippen LogP contribution in [0.4, 0.5) is 0 Å². The molecule has 1 N–H and O–H groups in total. The van der Waals surface area contributed by atoms with Crippen LogP contribution < -0.4 is 10.9 Å². The van der Waals surface area contributed by atoms with Gasteiger partial charge < -0.3 is 5.32 Å². The number of fused-ring (bicyclic) bond motifs is 1. The van der Waals surface area contributed by atoms with Crippen LogP contribution in [0.25, 0.3) is 5.65 Å². The van der Waals surface area contributed by atoms with Crippen LogP contribution in [-0.2, 0) is 0 Å². The fourth-order valence-electron chi connectivity index (χ4n) is 2.76. The third kappa shape index (κ3) is 2.93. The molecule has 1 amide bonds. The normalized spacial score (nSPS) is 12.1. The van der Waals surface area contributed by atoms with Crippen molar-refractivity contribution in [3.63, 3.8) is 0 Å². The Morgan fingerprint density at radius 1 is 1.21 bits per heavy atom. The predicted molar refractivity (Wildman–Crippen MR) is 93.3 cm³/mol. The van der Waals surface area contributed by atoms with Gasteiger partial charge in [-0.1, -0.05) is 29.8 Å². The number of nitrogens with zero attached hydrogens (tertiary/aromatic N) is 2. The number of rotatable bonds is 3. The van der Waals surface area contributed by atoms with Crippen molar-refractivity contribution in [1.82, 2.24) is 14.7 Å². The van der Waals surface area contributed by atoms with Gasteiger partial charge in [-0.05, 0) is 44.0 Å². The number of aromatic nitrogens is 2. The summed E-state index contributed by atoms with van der Waals surface area (Å²) in [6.07, 6.45) is 2.94. The van der Waals surface area contributed by atoms with Crippen LogP contribution in [0.3, 0.4) is 0 Å². The van der Waals surface area contributed by atoms with Gasteiger partial charge in [-0.15, -0.1) is 0 Å². The topological polar surface area (TPSA) is 63.5 Å².